The monoisotopic (exact) mass is 425 g/mol. The van der Waals surface area contributed by atoms with Gasteiger partial charge in [0, 0.05) is 42.9 Å². The van der Waals surface area contributed by atoms with E-state index in [-0.39, 0.29) is 17.7 Å². The molecule has 0 atom stereocenters. The molecular weight excluding hydrogens is 402 g/mol. The van der Waals surface area contributed by atoms with Crippen molar-refractivity contribution in [1.82, 2.24) is 15.2 Å². The van der Waals surface area contributed by atoms with Crippen molar-refractivity contribution in [3.8, 4) is 9.88 Å². The SMILES string of the molecule is O=C(NCCc1csc(-c2cccs2)n1)C1CCN(C(=O)c2ccccc2)CC1. The van der Waals surface area contributed by atoms with E-state index in [0.717, 1.165) is 17.1 Å². The van der Waals surface area contributed by atoms with Crippen LogP contribution in [0.15, 0.2) is 53.2 Å². The van der Waals surface area contributed by atoms with Crippen molar-refractivity contribution in [2.24, 2.45) is 5.92 Å². The third-order valence-corrected chi connectivity index (χ3v) is 7.07. The molecule has 0 unspecified atom stereocenters. The lowest BCUT2D eigenvalue weighted by Crippen LogP contribution is -2.43. The van der Waals surface area contributed by atoms with Gasteiger partial charge in [0.05, 0.1) is 10.6 Å². The molecular formula is C22H23N3O2S2. The average Bonchev–Trinajstić information content (AvgIpc) is 3.46. The third-order valence-electron chi connectivity index (χ3n) is 5.14. The molecule has 1 aliphatic heterocycles. The second kappa shape index (κ2) is 9.33. The van der Waals surface area contributed by atoms with Crippen molar-refractivity contribution >= 4 is 34.5 Å². The zero-order valence-corrected chi connectivity index (χ0v) is 17.7. The fraction of sp³-hybridized carbons (Fsp3) is 0.318. The molecule has 1 saturated heterocycles. The Balaban J connectivity index is 1.21. The number of aromatic nitrogens is 1. The summed E-state index contributed by atoms with van der Waals surface area (Å²) in [6.45, 7) is 1.85. The maximum Gasteiger partial charge on any atom is 0.253 e. The van der Waals surface area contributed by atoms with Crippen LogP contribution in [0, 0.1) is 5.92 Å². The summed E-state index contributed by atoms with van der Waals surface area (Å²) in [5.74, 6) is 0.118. The predicted molar refractivity (Wildman–Crippen MR) is 117 cm³/mol. The lowest BCUT2D eigenvalue weighted by atomic mass is 9.95. The minimum absolute atomic E-state index is 0.0214. The fourth-order valence-electron chi connectivity index (χ4n) is 3.50. The quantitative estimate of drug-likeness (QED) is 0.647. The first kappa shape index (κ1) is 19.8. The average molecular weight is 426 g/mol. The maximum absolute atomic E-state index is 12.5. The highest BCUT2D eigenvalue weighted by molar-refractivity contribution is 7.20. The van der Waals surface area contributed by atoms with Crippen molar-refractivity contribution in [3.63, 3.8) is 0 Å². The molecule has 3 heterocycles. The van der Waals surface area contributed by atoms with Crippen LogP contribution in [0.25, 0.3) is 9.88 Å². The second-order valence-corrected chi connectivity index (χ2v) is 8.90. The van der Waals surface area contributed by atoms with Gasteiger partial charge in [-0.05, 0) is 36.4 Å². The molecule has 2 amide bonds. The van der Waals surface area contributed by atoms with Gasteiger partial charge in [-0.2, -0.15) is 0 Å². The summed E-state index contributed by atoms with van der Waals surface area (Å²) in [4.78, 5) is 32.7. The van der Waals surface area contributed by atoms with Gasteiger partial charge >= 0.3 is 0 Å². The number of thiazole rings is 1. The van der Waals surface area contributed by atoms with Crippen LogP contribution >= 0.6 is 22.7 Å². The van der Waals surface area contributed by atoms with Gasteiger partial charge in [0.25, 0.3) is 5.91 Å². The van der Waals surface area contributed by atoms with Crippen LogP contribution in [0.1, 0.15) is 28.9 Å². The number of likely N-dealkylation sites (tertiary alicyclic amines) is 1. The second-order valence-electron chi connectivity index (χ2n) is 7.09. The molecule has 1 aromatic carbocycles. The lowest BCUT2D eigenvalue weighted by molar-refractivity contribution is -0.126. The van der Waals surface area contributed by atoms with Crippen LogP contribution in [0.3, 0.4) is 0 Å². The molecule has 5 nitrogen and oxygen atoms in total. The summed E-state index contributed by atoms with van der Waals surface area (Å²) >= 11 is 3.33. The number of hydrogen-bond donors (Lipinski definition) is 1. The standard InChI is InChI=1S/C22H23N3O2S2/c26-20(23-11-8-18-15-29-21(24-18)19-7-4-14-28-19)16-9-12-25(13-10-16)22(27)17-5-2-1-3-6-17/h1-7,14-16H,8-13H2,(H,23,26). The Hall–Kier alpha value is -2.51. The first-order valence-corrected chi connectivity index (χ1v) is 11.6. The molecule has 0 bridgehead atoms. The summed E-state index contributed by atoms with van der Waals surface area (Å²) in [5.41, 5.74) is 1.72. The van der Waals surface area contributed by atoms with Gasteiger partial charge in [-0.15, -0.1) is 22.7 Å². The number of hydrogen-bond acceptors (Lipinski definition) is 5. The van der Waals surface area contributed by atoms with Crippen LogP contribution in [0.2, 0.25) is 0 Å². The van der Waals surface area contributed by atoms with Crippen LogP contribution < -0.4 is 5.32 Å². The van der Waals surface area contributed by atoms with Crippen molar-refractivity contribution in [2.45, 2.75) is 19.3 Å². The first-order valence-electron chi connectivity index (χ1n) is 9.81. The van der Waals surface area contributed by atoms with Gasteiger partial charge in [0.15, 0.2) is 0 Å². The number of nitrogens with one attached hydrogen (secondary N) is 1. The molecule has 0 spiro atoms. The van der Waals surface area contributed by atoms with Gasteiger partial charge in [-0.25, -0.2) is 4.98 Å². The summed E-state index contributed by atoms with van der Waals surface area (Å²) in [7, 11) is 0. The molecule has 4 rings (SSSR count). The molecule has 0 saturated carbocycles. The number of rotatable bonds is 6. The molecule has 29 heavy (non-hydrogen) atoms. The maximum atomic E-state index is 12.5. The minimum atomic E-state index is -0.0214. The van der Waals surface area contributed by atoms with Crippen molar-refractivity contribution in [2.75, 3.05) is 19.6 Å². The Kier molecular flexibility index (Phi) is 6.36. The number of carbonyl (C=O) groups excluding carboxylic acids is 2. The summed E-state index contributed by atoms with van der Waals surface area (Å²) in [6, 6.07) is 13.4. The topological polar surface area (TPSA) is 62.3 Å². The molecule has 1 N–H and O–H groups in total. The number of amides is 2. The molecule has 150 valence electrons. The number of piperidine rings is 1. The Labute approximate surface area is 178 Å². The van der Waals surface area contributed by atoms with Crippen LogP contribution in [-0.4, -0.2) is 41.3 Å². The highest BCUT2D eigenvalue weighted by Gasteiger charge is 2.27. The Morgan fingerprint density at radius 2 is 1.86 bits per heavy atom. The first-order chi connectivity index (χ1) is 14.2. The van der Waals surface area contributed by atoms with Crippen LogP contribution in [-0.2, 0) is 11.2 Å². The largest absolute Gasteiger partial charge is 0.355 e. The molecule has 0 aliphatic carbocycles. The van der Waals surface area contributed by atoms with Crippen molar-refractivity contribution in [3.05, 3.63) is 64.5 Å². The molecule has 3 aromatic rings. The van der Waals surface area contributed by atoms with E-state index in [9.17, 15) is 9.59 Å². The number of thiophene rings is 1. The van der Waals surface area contributed by atoms with Crippen molar-refractivity contribution in [1.29, 1.82) is 0 Å². The van der Waals surface area contributed by atoms with E-state index in [1.54, 1.807) is 22.7 Å². The van der Waals surface area contributed by atoms with Crippen LogP contribution in [0.4, 0.5) is 0 Å². The van der Waals surface area contributed by atoms with E-state index in [4.69, 9.17) is 0 Å². The minimum Gasteiger partial charge on any atom is -0.355 e. The van der Waals surface area contributed by atoms with E-state index in [1.807, 2.05) is 41.3 Å². The van der Waals surface area contributed by atoms with Gasteiger partial charge in [-0.3, -0.25) is 9.59 Å². The lowest BCUT2D eigenvalue weighted by Gasteiger charge is -2.31. The highest BCUT2D eigenvalue weighted by atomic mass is 32.1. The molecule has 1 aliphatic rings. The fourth-order valence-corrected chi connectivity index (χ4v) is 5.17. The molecule has 1 fully saturated rings. The Morgan fingerprint density at radius 3 is 2.59 bits per heavy atom. The molecule has 0 radical (unpaired) electrons. The number of carbonyl (C=O) groups is 2. The normalized spacial score (nSPS) is 14.7. The zero-order chi connectivity index (χ0) is 20.1. The van der Waals surface area contributed by atoms with E-state index >= 15 is 0 Å². The number of benzene rings is 1. The molecule has 2 aromatic heterocycles. The highest BCUT2D eigenvalue weighted by Crippen LogP contribution is 2.27. The summed E-state index contributed by atoms with van der Waals surface area (Å²) in [5, 5.41) is 8.20. The summed E-state index contributed by atoms with van der Waals surface area (Å²) in [6.07, 6.45) is 2.16. The smallest absolute Gasteiger partial charge is 0.253 e. The Morgan fingerprint density at radius 1 is 1.07 bits per heavy atom. The van der Waals surface area contributed by atoms with Gasteiger partial charge in [-0.1, -0.05) is 24.3 Å². The van der Waals surface area contributed by atoms with Crippen molar-refractivity contribution < 1.29 is 9.59 Å². The zero-order valence-electron chi connectivity index (χ0n) is 16.0. The molecule has 7 heteroatoms. The van der Waals surface area contributed by atoms with E-state index < -0.39 is 0 Å². The van der Waals surface area contributed by atoms with E-state index in [2.05, 4.69) is 27.1 Å². The van der Waals surface area contributed by atoms with E-state index in [0.29, 0.717) is 38.0 Å². The van der Waals surface area contributed by atoms with Gasteiger partial charge in [0.2, 0.25) is 5.91 Å². The Bertz CT molecular complexity index is 946. The van der Waals surface area contributed by atoms with Gasteiger partial charge < -0.3 is 10.2 Å². The third kappa shape index (κ3) is 4.92. The van der Waals surface area contributed by atoms with E-state index in [1.165, 1.54) is 4.88 Å². The predicted octanol–water partition coefficient (Wildman–Crippen LogP) is 4.08. The van der Waals surface area contributed by atoms with Crippen LogP contribution in [0.5, 0.6) is 0 Å². The van der Waals surface area contributed by atoms with Gasteiger partial charge in [0.1, 0.15) is 5.01 Å². The summed E-state index contributed by atoms with van der Waals surface area (Å²) < 4.78 is 0. The number of nitrogens with zero attached hydrogens (tertiary/aromatic N) is 2.